The predicted molar refractivity (Wildman–Crippen MR) is 110 cm³/mol. The Hall–Kier alpha value is -2.93. The third-order valence-corrected chi connectivity index (χ3v) is 5.51. The third-order valence-electron chi connectivity index (χ3n) is 4.56. The van der Waals surface area contributed by atoms with E-state index in [-0.39, 0.29) is 0 Å². The monoisotopic (exact) mass is 379 g/mol. The van der Waals surface area contributed by atoms with E-state index >= 15 is 0 Å². The number of methoxy groups -OCH3 is 1. The van der Waals surface area contributed by atoms with Crippen molar-refractivity contribution in [3.8, 4) is 27.7 Å². The van der Waals surface area contributed by atoms with Crippen LogP contribution in [0.4, 0.5) is 5.69 Å². The van der Waals surface area contributed by atoms with Gasteiger partial charge in [-0.1, -0.05) is 23.5 Å². The van der Waals surface area contributed by atoms with Gasteiger partial charge in [-0.2, -0.15) is 9.61 Å². The Morgan fingerprint density at radius 2 is 1.78 bits per heavy atom. The molecule has 0 unspecified atom stereocenters. The summed E-state index contributed by atoms with van der Waals surface area (Å²) >= 11 is 1.53. The fourth-order valence-corrected chi connectivity index (χ4v) is 3.92. The average molecular weight is 379 g/mol. The lowest BCUT2D eigenvalue weighted by atomic mass is 10.2. The van der Waals surface area contributed by atoms with Crippen LogP contribution in [0.1, 0.15) is 13.8 Å². The molecular weight excluding hydrogens is 358 g/mol. The minimum atomic E-state index is 0.714. The van der Waals surface area contributed by atoms with E-state index in [1.165, 1.54) is 17.0 Å². The topological polar surface area (TPSA) is 55.6 Å². The molecule has 0 aliphatic carbocycles. The zero-order chi connectivity index (χ0) is 18.8. The standard InChI is InChI=1S/C20H21N5OS/c1-4-24(5-2)16-11-9-14(10-12-16)19-23-25-18(21-22-20(25)27-19)15-7-6-8-17(13-15)26-3/h6-13H,4-5H2,1-3H3. The van der Waals surface area contributed by atoms with Gasteiger partial charge in [-0.25, -0.2) is 0 Å². The molecule has 0 aliphatic rings. The molecule has 2 heterocycles. The van der Waals surface area contributed by atoms with E-state index in [0.29, 0.717) is 5.82 Å². The summed E-state index contributed by atoms with van der Waals surface area (Å²) in [5.41, 5.74) is 3.23. The van der Waals surface area contributed by atoms with Crippen molar-refractivity contribution in [3.05, 3.63) is 48.5 Å². The number of anilines is 1. The minimum Gasteiger partial charge on any atom is -0.497 e. The number of benzene rings is 2. The maximum atomic E-state index is 5.31. The van der Waals surface area contributed by atoms with Crippen LogP contribution in [0.15, 0.2) is 48.5 Å². The zero-order valence-corrected chi connectivity index (χ0v) is 16.4. The summed E-state index contributed by atoms with van der Waals surface area (Å²) in [7, 11) is 1.65. The van der Waals surface area contributed by atoms with E-state index in [9.17, 15) is 0 Å². The first-order valence-corrected chi connectivity index (χ1v) is 9.77. The molecule has 0 fully saturated rings. The second-order valence-corrected chi connectivity index (χ2v) is 7.03. The van der Waals surface area contributed by atoms with E-state index in [1.807, 2.05) is 24.3 Å². The lowest BCUT2D eigenvalue weighted by molar-refractivity contribution is 0.415. The highest BCUT2D eigenvalue weighted by Crippen LogP contribution is 2.30. The summed E-state index contributed by atoms with van der Waals surface area (Å²) in [4.78, 5) is 3.10. The average Bonchev–Trinajstić information content (AvgIpc) is 3.30. The highest BCUT2D eigenvalue weighted by Gasteiger charge is 2.15. The third kappa shape index (κ3) is 3.26. The van der Waals surface area contributed by atoms with Crippen molar-refractivity contribution < 1.29 is 4.74 Å². The van der Waals surface area contributed by atoms with Crippen molar-refractivity contribution in [2.45, 2.75) is 13.8 Å². The SMILES string of the molecule is CCN(CC)c1ccc(-c2nn3c(-c4cccc(OC)c4)nnc3s2)cc1. The number of nitrogens with zero attached hydrogens (tertiary/aromatic N) is 5. The highest BCUT2D eigenvalue weighted by atomic mass is 32.1. The lowest BCUT2D eigenvalue weighted by Gasteiger charge is -2.20. The van der Waals surface area contributed by atoms with Crippen molar-refractivity contribution in [2.75, 3.05) is 25.1 Å². The fourth-order valence-electron chi connectivity index (χ4n) is 3.08. The Morgan fingerprint density at radius 3 is 2.48 bits per heavy atom. The summed E-state index contributed by atoms with van der Waals surface area (Å²) in [5.74, 6) is 1.50. The molecule has 27 heavy (non-hydrogen) atoms. The number of fused-ring (bicyclic) bond motifs is 1. The molecule has 4 rings (SSSR count). The van der Waals surface area contributed by atoms with Crippen LogP contribution in [0.3, 0.4) is 0 Å². The normalized spacial score (nSPS) is 11.1. The van der Waals surface area contributed by atoms with Crippen LogP contribution in [0.2, 0.25) is 0 Å². The number of rotatable bonds is 6. The lowest BCUT2D eigenvalue weighted by Crippen LogP contribution is -2.21. The number of hydrogen-bond donors (Lipinski definition) is 0. The first-order valence-electron chi connectivity index (χ1n) is 8.95. The number of ether oxygens (including phenoxy) is 1. The fraction of sp³-hybridized carbons (Fsp3) is 0.250. The zero-order valence-electron chi connectivity index (χ0n) is 15.6. The molecule has 0 N–H and O–H groups in total. The van der Waals surface area contributed by atoms with Crippen LogP contribution in [0, 0.1) is 0 Å². The van der Waals surface area contributed by atoms with Gasteiger partial charge in [0.2, 0.25) is 4.96 Å². The molecule has 0 saturated heterocycles. The Balaban J connectivity index is 1.69. The van der Waals surface area contributed by atoms with Gasteiger partial charge in [0.25, 0.3) is 0 Å². The van der Waals surface area contributed by atoms with E-state index < -0.39 is 0 Å². The van der Waals surface area contributed by atoms with Gasteiger partial charge in [0.15, 0.2) is 5.82 Å². The molecule has 7 heteroatoms. The van der Waals surface area contributed by atoms with Crippen LogP contribution in [-0.2, 0) is 0 Å². The summed E-state index contributed by atoms with van der Waals surface area (Å²) < 4.78 is 7.11. The van der Waals surface area contributed by atoms with Crippen LogP contribution >= 0.6 is 11.3 Å². The summed E-state index contributed by atoms with van der Waals surface area (Å²) in [5, 5.41) is 14.3. The first-order chi connectivity index (χ1) is 13.2. The Kier molecular flexibility index (Phi) is 4.77. The van der Waals surface area contributed by atoms with Gasteiger partial charge in [0.1, 0.15) is 10.8 Å². The maximum Gasteiger partial charge on any atom is 0.235 e. The van der Waals surface area contributed by atoms with E-state index in [1.54, 1.807) is 11.6 Å². The predicted octanol–water partition coefficient (Wildman–Crippen LogP) is 4.37. The van der Waals surface area contributed by atoms with Gasteiger partial charge in [0.05, 0.1) is 7.11 Å². The van der Waals surface area contributed by atoms with Gasteiger partial charge >= 0.3 is 0 Å². The van der Waals surface area contributed by atoms with Gasteiger partial charge < -0.3 is 9.64 Å². The second kappa shape index (κ2) is 7.36. The van der Waals surface area contributed by atoms with Crippen molar-refractivity contribution in [2.24, 2.45) is 0 Å². The molecule has 0 radical (unpaired) electrons. The summed E-state index contributed by atoms with van der Waals surface area (Å²) in [6.45, 7) is 6.33. The molecule has 138 valence electrons. The van der Waals surface area contributed by atoms with Crippen LogP contribution in [-0.4, -0.2) is 40.0 Å². The minimum absolute atomic E-state index is 0.714. The van der Waals surface area contributed by atoms with Gasteiger partial charge in [0, 0.05) is 29.9 Å². The maximum absolute atomic E-state index is 5.31. The van der Waals surface area contributed by atoms with Gasteiger partial charge in [-0.15, -0.1) is 10.2 Å². The van der Waals surface area contributed by atoms with Crippen LogP contribution < -0.4 is 9.64 Å². The quantitative estimate of drug-likeness (QED) is 0.498. The largest absolute Gasteiger partial charge is 0.497 e. The molecule has 2 aromatic carbocycles. The van der Waals surface area contributed by atoms with Gasteiger partial charge in [-0.3, -0.25) is 0 Å². The Labute approximate surface area is 162 Å². The van der Waals surface area contributed by atoms with Gasteiger partial charge in [-0.05, 0) is 50.2 Å². The van der Waals surface area contributed by atoms with Crippen LogP contribution in [0.25, 0.3) is 26.9 Å². The number of aromatic nitrogens is 4. The molecule has 6 nitrogen and oxygen atoms in total. The van der Waals surface area contributed by atoms with E-state index in [4.69, 9.17) is 9.84 Å². The molecule has 0 spiro atoms. The molecule has 4 aromatic rings. The van der Waals surface area contributed by atoms with Crippen molar-refractivity contribution in [1.82, 2.24) is 19.8 Å². The number of hydrogen-bond acceptors (Lipinski definition) is 6. The molecule has 0 aliphatic heterocycles. The van der Waals surface area contributed by atoms with Crippen molar-refractivity contribution in [1.29, 1.82) is 0 Å². The molecular formula is C20H21N5OS. The molecule has 2 aromatic heterocycles. The first kappa shape index (κ1) is 17.5. The smallest absolute Gasteiger partial charge is 0.235 e. The summed E-state index contributed by atoms with van der Waals surface area (Å²) in [6, 6.07) is 16.3. The van der Waals surface area contributed by atoms with E-state index in [0.717, 1.165) is 39.9 Å². The Bertz CT molecular complexity index is 1050. The molecule has 0 amide bonds. The highest BCUT2D eigenvalue weighted by molar-refractivity contribution is 7.19. The van der Waals surface area contributed by atoms with E-state index in [2.05, 4.69) is 53.2 Å². The molecule has 0 atom stereocenters. The van der Waals surface area contributed by atoms with Crippen LogP contribution in [0.5, 0.6) is 5.75 Å². The summed E-state index contributed by atoms with van der Waals surface area (Å²) in [6.07, 6.45) is 0. The van der Waals surface area contributed by atoms with Crippen molar-refractivity contribution >= 4 is 22.0 Å². The molecule has 0 bridgehead atoms. The second-order valence-electron chi connectivity index (χ2n) is 6.08. The van der Waals surface area contributed by atoms with Crippen molar-refractivity contribution in [3.63, 3.8) is 0 Å². The molecule has 0 saturated carbocycles. The Morgan fingerprint density at radius 1 is 1.00 bits per heavy atom.